The molecule has 1 atom stereocenters. The normalized spacial score (nSPS) is 17.0. The first-order chi connectivity index (χ1) is 11.3. The molecule has 0 fully saturated rings. The molecule has 2 aromatic carbocycles. The molecule has 3 heteroatoms. The Hall–Kier alpha value is -2.65. The van der Waals surface area contributed by atoms with E-state index in [1.807, 2.05) is 72.8 Å². The Labute approximate surface area is 136 Å². The monoisotopic (exact) mass is 305 g/mol. The van der Waals surface area contributed by atoms with Gasteiger partial charge in [-0.2, -0.15) is 0 Å². The zero-order valence-electron chi connectivity index (χ0n) is 13.1. The summed E-state index contributed by atoms with van der Waals surface area (Å²) in [6, 6.07) is 19.8. The molecule has 1 aliphatic rings. The maximum Gasteiger partial charge on any atom is 0.251 e. The van der Waals surface area contributed by atoms with Crippen LogP contribution in [0, 0.1) is 0 Å². The van der Waals surface area contributed by atoms with Gasteiger partial charge in [0.1, 0.15) is 0 Å². The van der Waals surface area contributed by atoms with E-state index in [1.54, 1.807) is 18.1 Å². The molecule has 0 saturated carbocycles. The predicted octanol–water partition coefficient (Wildman–Crippen LogP) is 3.81. The number of hydrogen-bond acceptors (Lipinski definition) is 2. The topological polar surface area (TPSA) is 29.5 Å². The Morgan fingerprint density at radius 2 is 1.65 bits per heavy atom. The second-order valence-corrected chi connectivity index (χ2v) is 5.40. The summed E-state index contributed by atoms with van der Waals surface area (Å²) >= 11 is 0. The molecule has 0 saturated heterocycles. The Kier molecular flexibility index (Phi) is 4.69. The first-order valence-electron chi connectivity index (χ1n) is 7.61. The molecule has 1 amide bonds. The van der Waals surface area contributed by atoms with E-state index >= 15 is 0 Å². The third-order valence-electron chi connectivity index (χ3n) is 3.85. The number of carbonyl (C=O) groups excluding carboxylic acids is 1. The van der Waals surface area contributed by atoms with Gasteiger partial charge in [0.25, 0.3) is 5.91 Å². The van der Waals surface area contributed by atoms with Crippen LogP contribution in [0.5, 0.6) is 0 Å². The van der Waals surface area contributed by atoms with Crippen LogP contribution in [-0.2, 0) is 9.53 Å². The molecule has 0 spiro atoms. The molecule has 0 radical (unpaired) electrons. The van der Waals surface area contributed by atoms with Crippen molar-refractivity contribution in [1.29, 1.82) is 0 Å². The minimum Gasteiger partial charge on any atom is -0.382 e. The van der Waals surface area contributed by atoms with E-state index in [1.165, 1.54) is 0 Å². The molecular weight excluding hydrogens is 286 g/mol. The molecule has 1 aliphatic heterocycles. The molecule has 0 unspecified atom stereocenters. The second kappa shape index (κ2) is 7.07. The minimum absolute atomic E-state index is 0.0157. The SMILES string of the molecule is COC[C@@H](c1ccccc1)N1C(=O)C=C/C1=C\c1ccccc1. The van der Waals surface area contributed by atoms with Gasteiger partial charge in [-0.15, -0.1) is 0 Å². The number of allylic oxidation sites excluding steroid dienone is 1. The fraction of sp³-hybridized carbons (Fsp3) is 0.150. The van der Waals surface area contributed by atoms with Crippen LogP contribution in [0.25, 0.3) is 6.08 Å². The fourth-order valence-corrected chi connectivity index (χ4v) is 2.77. The van der Waals surface area contributed by atoms with E-state index in [0.29, 0.717) is 6.61 Å². The number of benzene rings is 2. The summed E-state index contributed by atoms with van der Waals surface area (Å²) in [5.41, 5.74) is 3.01. The van der Waals surface area contributed by atoms with Gasteiger partial charge >= 0.3 is 0 Å². The molecule has 0 bridgehead atoms. The zero-order chi connectivity index (χ0) is 16.1. The van der Waals surface area contributed by atoms with Gasteiger partial charge in [-0.3, -0.25) is 9.69 Å². The highest BCUT2D eigenvalue weighted by Crippen LogP contribution is 2.30. The van der Waals surface area contributed by atoms with Gasteiger partial charge in [0, 0.05) is 18.9 Å². The summed E-state index contributed by atoms with van der Waals surface area (Å²) in [6.07, 6.45) is 5.49. The van der Waals surface area contributed by atoms with Crippen molar-refractivity contribution >= 4 is 12.0 Å². The van der Waals surface area contributed by atoms with Crippen LogP contribution in [0.4, 0.5) is 0 Å². The molecule has 23 heavy (non-hydrogen) atoms. The van der Waals surface area contributed by atoms with Crippen molar-refractivity contribution in [2.24, 2.45) is 0 Å². The summed E-state index contributed by atoms with van der Waals surface area (Å²) in [6.45, 7) is 0.448. The van der Waals surface area contributed by atoms with E-state index in [0.717, 1.165) is 16.8 Å². The number of ether oxygens (including phenoxy) is 1. The van der Waals surface area contributed by atoms with Gasteiger partial charge in [0.15, 0.2) is 0 Å². The standard InChI is InChI=1S/C20H19NO2/c1-23-15-19(17-10-6-3-7-11-17)21-18(12-13-20(21)22)14-16-8-4-2-5-9-16/h2-14,19H,15H2,1H3/b18-14+/t19-/m0/s1. The Bertz CT molecular complexity index is 720. The lowest BCUT2D eigenvalue weighted by atomic mass is 10.1. The maximum absolute atomic E-state index is 12.4. The van der Waals surface area contributed by atoms with Crippen LogP contribution in [0.1, 0.15) is 17.2 Å². The molecule has 3 nitrogen and oxygen atoms in total. The number of hydrogen-bond donors (Lipinski definition) is 0. The largest absolute Gasteiger partial charge is 0.382 e. The number of methoxy groups -OCH3 is 1. The highest BCUT2D eigenvalue weighted by Gasteiger charge is 2.29. The highest BCUT2D eigenvalue weighted by atomic mass is 16.5. The lowest BCUT2D eigenvalue weighted by Gasteiger charge is -2.29. The smallest absolute Gasteiger partial charge is 0.251 e. The molecule has 116 valence electrons. The van der Waals surface area contributed by atoms with Gasteiger partial charge < -0.3 is 4.74 Å². The van der Waals surface area contributed by atoms with Crippen molar-refractivity contribution in [3.05, 3.63) is 89.6 Å². The molecule has 0 N–H and O–H groups in total. The van der Waals surface area contributed by atoms with Crippen molar-refractivity contribution in [3.63, 3.8) is 0 Å². The molecule has 2 aromatic rings. The lowest BCUT2D eigenvalue weighted by molar-refractivity contribution is -0.126. The lowest BCUT2D eigenvalue weighted by Crippen LogP contribution is -2.32. The van der Waals surface area contributed by atoms with E-state index in [4.69, 9.17) is 4.74 Å². The van der Waals surface area contributed by atoms with Gasteiger partial charge in [0.2, 0.25) is 0 Å². The minimum atomic E-state index is -0.140. The molecular formula is C20H19NO2. The number of carbonyl (C=O) groups is 1. The highest BCUT2D eigenvalue weighted by molar-refractivity contribution is 5.94. The van der Waals surface area contributed by atoms with E-state index in [2.05, 4.69) is 0 Å². The van der Waals surface area contributed by atoms with Crippen LogP contribution in [-0.4, -0.2) is 24.5 Å². The quantitative estimate of drug-likeness (QED) is 0.840. The summed E-state index contributed by atoms with van der Waals surface area (Å²) < 4.78 is 5.37. The summed E-state index contributed by atoms with van der Waals surface area (Å²) in [4.78, 5) is 14.2. The fourth-order valence-electron chi connectivity index (χ4n) is 2.77. The zero-order valence-corrected chi connectivity index (χ0v) is 13.1. The van der Waals surface area contributed by atoms with Crippen molar-refractivity contribution in [3.8, 4) is 0 Å². The third kappa shape index (κ3) is 3.41. The van der Waals surface area contributed by atoms with Gasteiger partial charge in [-0.25, -0.2) is 0 Å². The van der Waals surface area contributed by atoms with Crippen molar-refractivity contribution in [2.45, 2.75) is 6.04 Å². The maximum atomic E-state index is 12.4. The summed E-state index contributed by atoms with van der Waals surface area (Å²) in [5.74, 6) is -0.0157. The van der Waals surface area contributed by atoms with E-state index < -0.39 is 0 Å². The Balaban J connectivity index is 1.97. The second-order valence-electron chi connectivity index (χ2n) is 5.40. The van der Waals surface area contributed by atoms with Crippen LogP contribution in [0.3, 0.4) is 0 Å². The number of rotatable bonds is 5. The van der Waals surface area contributed by atoms with Crippen molar-refractivity contribution in [1.82, 2.24) is 4.90 Å². The first-order valence-corrected chi connectivity index (χ1v) is 7.61. The molecule has 0 aromatic heterocycles. The first kappa shape index (κ1) is 15.3. The summed E-state index contributed by atoms with van der Waals surface area (Å²) in [7, 11) is 1.66. The molecule has 1 heterocycles. The van der Waals surface area contributed by atoms with Crippen LogP contribution in [0.15, 0.2) is 78.5 Å². The van der Waals surface area contributed by atoms with Crippen molar-refractivity contribution < 1.29 is 9.53 Å². The van der Waals surface area contributed by atoms with E-state index in [9.17, 15) is 4.79 Å². The Morgan fingerprint density at radius 3 is 2.30 bits per heavy atom. The predicted molar refractivity (Wildman–Crippen MR) is 91.5 cm³/mol. The number of amides is 1. The van der Waals surface area contributed by atoms with Gasteiger partial charge in [-0.05, 0) is 23.3 Å². The van der Waals surface area contributed by atoms with Gasteiger partial charge in [0.05, 0.1) is 12.6 Å². The molecule has 3 rings (SSSR count). The number of nitrogens with zero attached hydrogens (tertiary/aromatic N) is 1. The Morgan fingerprint density at radius 1 is 1.00 bits per heavy atom. The van der Waals surface area contributed by atoms with Crippen LogP contribution < -0.4 is 0 Å². The van der Waals surface area contributed by atoms with Gasteiger partial charge in [-0.1, -0.05) is 60.7 Å². The summed E-state index contributed by atoms with van der Waals surface area (Å²) in [5, 5.41) is 0. The van der Waals surface area contributed by atoms with E-state index in [-0.39, 0.29) is 11.9 Å². The average molecular weight is 305 g/mol. The molecule has 0 aliphatic carbocycles. The van der Waals surface area contributed by atoms with Crippen molar-refractivity contribution in [2.75, 3.05) is 13.7 Å². The third-order valence-corrected chi connectivity index (χ3v) is 3.85. The van der Waals surface area contributed by atoms with Crippen LogP contribution >= 0.6 is 0 Å². The van der Waals surface area contributed by atoms with Crippen LogP contribution in [0.2, 0.25) is 0 Å². The average Bonchev–Trinajstić information content (AvgIpc) is 2.95.